The quantitative estimate of drug-likeness (QED) is 0.820. The first-order chi connectivity index (χ1) is 8.67. The minimum absolute atomic E-state index is 0.0787. The number of nitrogens with one attached hydrogen (secondary N) is 1. The lowest BCUT2D eigenvalue weighted by Crippen LogP contribution is -2.55. The molecule has 18 heavy (non-hydrogen) atoms. The number of aryl methyl sites for hydroxylation is 1. The number of carbonyl (C=O) groups is 1. The molecule has 1 amide bonds. The Kier molecular flexibility index (Phi) is 3.81. The number of nitrogens with zero attached hydrogens (tertiary/aromatic N) is 2. The van der Waals surface area contributed by atoms with Gasteiger partial charge < -0.3 is 16.0 Å². The molecule has 0 bridgehead atoms. The summed E-state index contributed by atoms with van der Waals surface area (Å²) in [6.07, 6.45) is 0.769. The normalized spacial score (nSPS) is 19.8. The Balaban J connectivity index is 2.39. The lowest BCUT2D eigenvalue weighted by atomic mass is 10.1. The smallest absolute Gasteiger partial charge is 0.242 e. The van der Waals surface area contributed by atoms with Gasteiger partial charge in [0.1, 0.15) is 11.9 Å². The van der Waals surface area contributed by atoms with Crippen LogP contribution in [0.2, 0.25) is 0 Å². The third-order valence-corrected chi connectivity index (χ3v) is 3.30. The predicted molar refractivity (Wildman–Crippen MR) is 71.3 cm³/mol. The molecule has 2 heterocycles. The lowest BCUT2D eigenvalue weighted by Gasteiger charge is -2.36. The number of aromatic nitrogens is 1. The average molecular weight is 248 g/mol. The van der Waals surface area contributed by atoms with E-state index in [1.54, 1.807) is 0 Å². The van der Waals surface area contributed by atoms with E-state index in [9.17, 15) is 4.79 Å². The summed E-state index contributed by atoms with van der Waals surface area (Å²) < 4.78 is 0. The Morgan fingerprint density at radius 3 is 3.00 bits per heavy atom. The van der Waals surface area contributed by atoms with Crippen LogP contribution in [0.15, 0.2) is 12.1 Å². The summed E-state index contributed by atoms with van der Waals surface area (Å²) in [5.41, 5.74) is 7.70. The molecule has 5 heteroatoms. The molecule has 1 aromatic rings. The first kappa shape index (κ1) is 12.8. The number of hydrogen-bond acceptors (Lipinski definition) is 4. The standard InChI is InChI=1S/C13H20N4O/c1-3-11-13(18)15-6-7-17(11)12-10(8-14)5-4-9(2)16-12/h4-5,11H,3,6-8,14H2,1-2H3,(H,15,18). The molecule has 0 aromatic carbocycles. The highest BCUT2D eigenvalue weighted by molar-refractivity contribution is 5.86. The van der Waals surface area contributed by atoms with Gasteiger partial charge in [-0.25, -0.2) is 4.98 Å². The molecule has 1 aliphatic rings. The van der Waals surface area contributed by atoms with Gasteiger partial charge in [-0.15, -0.1) is 0 Å². The van der Waals surface area contributed by atoms with Gasteiger partial charge in [0.25, 0.3) is 0 Å². The van der Waals surface area contributed by atoms with Gasteiger partial charge in [-0.1, -0.05) is 13.0 Å². The number of rotatable bonds is 3. The van der Waals surface area contributed by atoms with Gasteiger partial charge >= 0.3 is 0 Å². The van der Waals surface area contributed by atoms with E-state index in [2.05, 4.69) is 15.2 Å². The van der Waals surface area contributed by atoms with Crippen molar-refractivity contribution in [1.29, 1.82) is 0 Å². The summed E-state index contributed by atoms with van der Waals surface area (Å²) >= 11 is 0. The molecule has 98 valence electrons. The molecular formula is C13H20N4O. The van der Waals surface area contributed by atoms with E-state index in [-0.39, 0.29) is 11.9 Å². The lowest BCUT2D eigenvalue weighted by molar-refractivity contribution is -0.123. The van der Waals surface area contributed by atoms with Crippen LogP contribution >= 0.6 is 0 Å². The summed E-state index contributed by atoms with van der Waals surface area (Å²) in [5, 5.41) is 2.90. The van der Waals surface area contributed by atoms with Gasteiger partial charge in [-0.3, -0.25) is 4.79 Å². The molecular weight excluding hydrogens is 228 g/mol. The van der Waals surface area contributed by atoms with Crippen molar-refractivity contribution < 1.29 is 4.79 Å². The molecule has 1 aliphatic heterocycles. The van der Waals surface area contributed by atoms with Gasteiger partial charge in [0.2, 0.25) is 5.91 Å². The maximum Gasteiger partial charge on any atom is 0.242 e. The van der Waals surface area contributed by atoms with Crippen LogP contribution in [-0.4, -0.2) is 30.0 Å². The Hall–Kier alpha value is -1.62. The Morgan fingerprint density at radius 1 is 1.56 bits per heavy atom. The Labute approximate surface area is 107 Å². The van der Waals surface area contributed by atoms with E-state index in [4.69, 9.17) is 5.73 Å². The second-order valence-electron chi connectivity index (χ2n) is 4.55. The molecule has 2 rings (SSSR count). The van der Waals surface area contributed by atoms with Gasteiger partial charge in [0.05, 0.1) is 0 Å². The van der Waals surface area contributed by atoms with Crippen LogP contribution in [0.25, 0.3) is 0 Å². The van der Waals surface area contributed by atoms with Gasteiger partial charge in [-0.2, -0.15) is 0 Å². The van der Waals surface area contributed by atoms with Crippen molar-refractivity contribution in [3.8, 4) is 0 Å². The number of carbonyl (C=O) groups excluding carboxylic acids is 1. The van der Waals surface area contributed by atoms with Crippen molar-refractivity contribution in [2.24, 2.45) is 5.73 Å². The summed E-state index contributed by atoms with van der Waals surface area (Å²) in [6, 6.07) is 3.81. The number of amides is 1. The highest BCUT2D eigenvalue weighted by Gasteiger charge is 2.30. The molecule has 0 spiro atoms. The molecule has 1 fully saturated rings. The third kappa shape index (κ3) is 2.31. The fourth-order valence-corrected chi connectivity index (χ4v) is 2.35. The summed E-state index contributed by atoms with van der Waals surface area (Å²) in [5.74, 6) is 0.939. The van der Waals surface area contributed by atoms with Crippen molar-refractivity contribution in [1.82, 2.24) is 10.3 Å². The van der Waals surface area contributed by atoms with Gasteiger partial charge in [0.15, 0.2) is 0 Å². The molecule has 1 saturated heterocycles. The van der Waals surface area contributed by atoms with Crippen molar-refractivity contribution >= 4 is 11.7 Å². The third-order valence-electron chi connectivity index (χ3n) is 3.30. The second-order valence-corrected chi connectivity index (χ2v) is 4.55. The minimum Gasteiger partial charge on any atom is -0.353 e. The van der Waals surface area contributed by atoms with E-state index in [1.807, 2.05) is 26.0 Å². The predicted octanol–water partition coefficient (Wildman–Crippen LogP) is 0.564. The van der Waals surface area contributed by atoms with Crippen LogP contribution in [0.1, 0.15) is 24.6 Å². The molecule has 5 nitrogen and oxygen atoms in total. The second kappa shape index (κ2) is 5.35. The number of nitrogens with two attached hydrogens (primary N) is 1. The number of hydrogen-bond donors (Lipinski definition) is 2. The number of anilines is 1. The van der Waals surface area contributed by atoms with Crippen molar-refractivity contribution in [2.75, 3.05) is 18.0 Å². The van der Waals surface area contributed by atoms with Gasteiger partial charge in [0, 0.05) is 30.9 Å². The zero-order chi connectivity index (χ0) is 13.1. The van der Waals surface area contributed by atoms with Crippen molar-refractivity contribution in [3.05, 3.63) is 23.4 Å². The topological polar surface area (TPSA) is 71.2 Å². The zero-order valence-corrected chi connectivity index (χ0v) is 10.9. The summed E-state index contributed by atoms with van der Waals surface area (Å²) in [4.78, 5) is 18.5. The fraction of sp³-hybridized carbons (Fsp3) is 0.538. The summed E-state index contributed by atoms with van der Waals surface area (Å²) in [6.45, 7) is 5.86. The fourth-order valence-electron chi connectivity index (χ4n) is 2.35. The minimum atomic E-state index is -0.140. The molecule has 1 aromatic heterocycles. The maximum atomic E-state index is 11.9. The van der Waals surface area contributed by atoms with Crippen LogP contribution in [0, 0.1) is 6.92 Å². The van der Waals surface area contributed by atoms with Crippen molar-refractivity contribution in [2.45, 2.75) is 32.9 Å². The van der Waals surface area contributed by atoms with Crippen LogP contribution in [-0.2, 0) is 11.3 Å². The SMILES string of the molecule is CCC1C(=O)NCCN1c1nc(C)ccc1CN. The van der Waals surface area contributed by atoms with E-state index in [0.29, 0.717) is 13.1 Å². The van der Waals surface area contributed by atoms with Crippen LogP contribution in [0.4, 0.5) is 5.82 Å². The van der Waals surface area contributed by atoms with Crippen LogP contribution in [0.3, 0.4) is 0 Å². The highest BCUT2D eigenvalue weighted by Crippen LogP contribution is 2.23. The van der Waals surface area contributed by atoms with Crippen LogP contribution in [0.5, 0.6) is 0 Å². The van der Waals surface area contributed by atoms with E-state index < -0.39 is 0 Å². The number of piperazine rings is 1. The van der Waals surface area contributed by atoms with E-state index in [0.717, 1.165) is 30.0 Å². The molecule has 0 radical (unpaired) electrons. The number of pyridine rings is 1. The maximum absolute atomic E-state index is 11.9. The Morgan fingerprint density at radius 2 is 2.33 bits per heavy atom. The summed E-state index contributed by atoms with van der Waals surface area (Å²) in [7, 11) is 0. The molecule has 0 aliphatic carbocycles. The Bertz CT molecular complexity index is 447. The highest BCUT2D eigenvalue weighted by atomic mass is 16.2. The molecule has 0 saturated carbocycles. The molecule has 1 atom stereocenters. The van der Waals surface area contributed by atoms with Crippen molar-refractivity contribution in [3.63, 3.8) is 0 Å². The first-order valence-corrected chi connectivity index (χ1v) is 6.38. The monoisotopic (exact) mass is 248 g/mol. The van der Waals surface area contributed by atoms with E-state index in [1.165, 1.54) is 0 Å². The zero-order valence-electron chi connectivity index (χ0n) is 10.9. The van der Waals surface area contributed by atoms with E-state index >= 15 is 0 Å². The van der Waals surface area contributed by atoms with Crippen LogP contribution < -0.4 is 16.0 Å². The first-order valence-electron chi connectivity index (χ1n) is 6.38. The average Bonchev–Trinajstić information content (AvgIpc) is 2.38. The van der Waals surface area contributed by atoms with Gasteiger partial charge in [-0.05, 0) is 19.4 Å². The largest absolute Gasteiger partial charge is 0.353 e. The molecule has 3 N–H and O–H groups in total. The molecule has 1 unspecified atom stereocenters.